The molecule has 2 aromatic rings. The summed E-state index contributed by atoms with van der Waals surface area (Å²) < 4.78 is 39.6. The van der Waals surface area contributed by atoms with E-state index in [1.165, 1.54) is 17.0 Å². The lowest BCUT2D eigenvalue weighted by Gasteiger charge is -2.30. The van der Waals surface area contributed by atoms with Gasteiger partial charge in [0.15, 0.2) is 0 Å². The van der Waals surface area contributed by atoms with Crippen LogP contribution in [0.2, 0.25) is 0 Å². The maximum atomic E-state index is 13.7. The van der Waals surface area contributed by atoms with Gasteiger partial charge in [-0.3, -0.25) is 9.59 Å². The smallest absolute Gasteiger partial charge is 0.392 e. The van der Waals surface area contributed by atoms with Crippen LogP contribution in [0, 0.1) is 5.41 Å². The molecule has 7 nitrogen and oxygen atoms in total. The second kappa shape index (κ2) is 12.5. The molecule has 10 heteroatoms. The van der Waals surface area contributed by atoms with Crippen molar-refractivity contribution in [1.29, 1.82) is 0 Å². The average Bonchev–Trinajstić information content (AvgIpc) is 3.39. The van der Waals surface area contributed by atoms with Crippen LogP contribution in [0.1, 0.15) is 68.6 Å². The SMILES string of the molecule is CCCCC(O)CNCC1(C(=O)NC2N=C(c3ccc(C(F)(F)F)cc3)c3ccccc3N(C)C2=O)CCCC1. The summed E-state index contributed by atoms with van der Waals surface area (Å²) in [6.45, 7) is 2.81. The van der Waals surface area contributed by atoms with Gasteiger partial charge in [0, 0.05) is 31.3 Å². The molecule has 1 aliphatic carbocycles. The van der Waals surface area contributed by atoms with Crippen LogP contribution in [0.25, 0.3) is 0 Å². The second-order valence-corrected chi connectivity index (χ2v) is 10.8. The number of alkyl halides is 3. The van der Waals surface area contributed by atoms with Crippen LogP contribution in [-0.4, -0.2) is 55.0 Å². The number of benzodiazepines with no additional fused rings is 1. The van der Waals surface area contributed by atoms with Crippen molar-refractivity contribution in [1.82, 2.24) is 10.6 Å². The summed E-state index contributed by atoms with van der Waals surface area (Å²) in [5.74, 6) is -0.743. The van der Waals surface area contributed by atoms with Gasteiger partial charge in [-0.05, 0) is 37.5 Å². The van der Waals surface area contributed by atoms with E-state index in [4.69, 9.17) is 0 Å². The maximum absolute atomic E-state index is 13.7. The molecule has 0 spiro atoms. The number of benzene rings is 2. The Morgan fingerprint density at radius 2 is 1.82 bits per heavy atom. The van der Waals surface area contributed by atoms with Crippen LogP contribution in [0.3, 0.4) is 0 Å². The number of nitrogens with one attached hydrogen (secondary N) is 2. The molecule has 0 radical (unpaired) electrons. The highest BCUT2D eigenvalue weighted by Crippen LogP contribution is 2.38. The first-order valence-electron chi connectivity index (χ1n) is 13.9. The number of aliphatic imine (C=N–C) groups is 1. The number of carbonyl (C=O) groups is 2. The van der Waals surface area contributed by atoms with Crippen LogP contribution in [-0.2, 0) is 15.8 Å². The van der Waals surface area contributed by atoms with E-state index < -0.39 is 35.3 Å². The zero-order chi connectivity index (χ0) is 28.9. The molecule has 0 aromatic heterocycles. The van der Waals surface area contributed by atoms with Crippen molar-refractivity contribution < 1.29 is 27.9 Å². The van der Waals surface area contributed by atoms with Gasteiger partial charge in [-0.25, -0.2) is 4.99 Å². The summed E-state index contributed by atoms with van der Waals surface area (Å²) in [5.41, 5.74) is 0.319. The molecule has 1 heterocycles. The van der Waals surface area contributed by atoms with Gasteiger partial charge < -0.3 is 20.6 Å². The molecule has 1 saturated carbocycles. The van der Waals surface area contributed by atoms with Gasteiger partial charge in [0.05, 0.1) is 28.5 Å². The van der Waals surface area contributed by atoms with Gasteiger partial charge in [-0.2, -0.15) is 13.2 Å². The predicted molar refractivity (Wildman–Crippen MR) is 148 cm³/mol. The fourth-order valence-electron chi connectivity index (χ4n) is 5.50. The predicted octanol–water partition coefficient (Wildman–Crippen LogP) is 4.66. The minimum Gasteiger partial charge on any atom is -0.392 e. The first kappa shape index (κ1) is 29.7. The molecule has 2 atom stereocenters. The molecule has 1 fully saturated rings. The van der Waals surface area contributed by atoms with Crippen molar-refractivity contribution >= 4 is 23.2 Å². The van der Waals surface area contributed by atoms with Crippen molar-refractivity contribution in [2.45, 2.75) is 70.3 Å². The van der Waals surface area contributed by atoms with Crippen molar-refractivity contribution in [2.24, 2.45) is 10.4 Å². The Morgan fingerprint density at radius 1 is 1.15 bits per heavy atom. The average molecular weight is 559 g/mol. The Kier molecular flexibility index (Phi) is 9.30. The highest BCUT2D eigenvalue weighted by Gasteiger charge is 2.43. The molecule has 0 saturated heterocycles. The molecule has 40 heavy (non-hydrogen) atoms. The molecular weight excluding hydrogens is 521 g/mol. The van der Waals surface area contributed by atoms with Gasteiger partial charge in [-0.1, -0.05) is 62.9 Å². The number of halogens is 3. The molecule has 2 aromatic carbocycles. The Hall–Kier alpha value is -3.24. The molecule has 0 bridgehead atoms. The van der Waals surface area contributed by atoms with E-state index in [9.17, 15) is 27.9 Å². The van der Waals surface area contributed by atoms with Crippen molar-refractivity contribution in [3.8, 4) is 0 Å². The molecule has 4 rings (SSSR count). The van der Waals surface area contributed by atoms with Crippen LogP contribution >= 0.6 is 0 Å². The monoisotopic (exact) mass is 558 g/mol. The van der Waals surface area contributed by atoms with E-state index in [1.54, 1.807) is 31.3 Å². The van der Waals surface area contributed by atoms with Crippen LogP contribution in [0.15, 0.2) is 53.5 Å². The fraction of sp³-hybridized carbons (Fsp3) is 0.500. The largest absolute Gasteiger partial charge is 0.416 e. The Bertz CT molecular complexity index is 1220. The van der Waals surface area contributed by atoms with Gasteiger partial charge in [-0.15, -0.1) is 0 Å². The third-order valence-corrected chi connectivity index (χ3v) is 7.87. The van der Waals surface area contributed by atoms with E-state index in [0.29, 0.717) is 54.9 Å². The van der Waals surface area contributed by atoms with E-state index in [1.807, 2.05) is 0 Å². The number of hydrogen-bond acceptors (Lipinski definition) is 5. The van der Waals surface area contributed by atoms with Crippen LogP contribution in [0.5, 0.6) is 0 Å². The summed E-state index contributed by atoms with van der Waals surface area (Å²) in [6.07, 6.45) is -0.596. The number of anilines is 1. The van der Waals surface area contributed by atoms with E-state index in [-0.39, 0.29) is 5.91 Å². The van der Waals surface area contributed by atoms with E-state index in [0.717, 1.165) is 37.8 Å². The fourth-order valence-corrected chi connectivity index (χ4v) is 5.50. The molecular formula is C30H37F3N4O3. The first-order chi connectivity index (χ1) is 19.1. The quantitative estimate of drug-likeness (QED) is 0.395. The van der Waals surface area contributed by atoms with Crippen molar-refractivity contribution in [3.63, 3.8) is 0 Å². The number of unbranched alkanes of at least 4 members (excludes halogenated alkanes) is 1. The molecule has 2 aliphatic rings. The van der Waals surface area contributed by atoms with E-state index >= 15 is 0 Å². The van der Waals surface area contributed by atoms with Crippen LogP contribution in [0.4, 0.5) is 18.9 Å². The number of para-hydroxylation sites is 1. The van der Waals surface area contributed by atoms with Crippen molar-refractivity contribution in [3.05, 3.63) is 65.2 Å². The third kappa shape index (κ3) is 6.55. The topological polar surface area (TPSA) is 94.0 Å². The zero-order valence-electron chi connectivity index (χ0n) is 22.9. The standard InChI is InChI=1S/C30H37F3N4O3/c1-3-4-9-22(38)18-34-19-29(16-7-8-17-29)28(40)36-26-27(39)37(2)24-11-6-5-10-23(24)25(35-26)20-12-14-21(15-13-20)30(31,32)33/h5-6,10-15,22,26,34,38H,3-4,7-9,16-19H2,1-2H3,(H,36,40). The molecule has 1 aliphatic heterocycles. The Morgan fingerprint density at radius 3 is 2.48 bits per heavy atom. The zero-order valence-corrected chi connectivity index (χ0v) is 22.9. The summed E-state index contributed by atoms with van der Waals surface area (Å²) in [6, 6.07) is 11.7. The maximum Gasteiger partial charge on any atom is 0.416 e. The van der Waals surface area contributed by atoms with Gasteiger partial charge in [0.1, 0.15) is 0 Å². The first-order valence-corrected chi connectivity index (χ1v) is 13.9. The van der Waals surface area contributed by atoms with Crippen LogP contribution < -0.4 is 15.5 Å². The summed E-state index contributed by atoms with van der Waals surface area (Å²) >= 11 is 0. The van der Waals surface area contributed by atoms with E-state index in [2.05, 4.69) is 22.5 Å². The number of fused-ring (bicyclic) bond motifs is 1. The summed E-state index contributed by atoms with van der Waals surface area (Å²) in [7, 11) is 1.59. The lowest BCUT2D eigenvalue weighted by molar-refractivity contribution is -0.137. The number of likely N-dealkylation sites (N-methyl/N-ethyl adjacent to an activating group) is 1. The molecule has 216 valence electrons. The Balaban J connectivity index is 1.61. The lowest BCUT2D eigenvalue weighted by Crippen LogP contribution is -2.53. The number of amides is 2. The number of nitrogens with zero attached hydrogens (tertiary/aromatic N) is 2. The summed E-state index contributed by atoms with van der Waals surface area (Å²) in [5, 5.41) is 16.3. The lowest BCUT2D eigenvalue weighted by atomic mass is 9.84. The molecule has 2 unspecified atom stereocenters. The second-order valence-electron chi connectivity index (χ2n) is 10.8. The normalized spacial score (nSPS) is 19.6. The van der Waals surface area contributed by atoms with Crippen molar-refractivity contribution in [2.75, 3.05) is 25.0 Å². The third-order valence-electron chi connectivity index (χ3n) is 7.87. The molecule has 2 amide bonds. The minimum absolute atomic E-state index is 0.297. The van der Waals surface area contributed by atoms with Gasteiger partial charge in [0.25, 0.3) is 5.91 Å². The minimum atomic E-state index is -4.48. The number of hydrogen-bond donors (Lipinski definition) is 3. The highest BCUT2D eigenvalue weighted by molar-refractivity contribution is 6.20. The van der Waals surface area contributed by atoms with Gasteiger partial charge in [0.2, 0.25) is 12.1 Å². The number of aliphatic hydroxyl groups is 1. The highest BCUT2D eigenvalue weighted by atomic mass is 19.4. The molecule has 3 N–H and O–H groups in total. The number of carbonyl (C=O) groups excluding carboxylic acids is 2. The summed E-state index contributed by atoms with van der Waals surface area (Å²) in [4.78, 5) is 33.3. The Labute approximate surface area is 232 Å². The number of rotatable bonds is 10. The van der Waals surface area contributed by atoms with Gasteiger partial charge >= 0.3 is 6.18 Å². The number of aliphatic hydroxyl groups excluding tert-OH is 1.